The minimum Gasteiger partial charge on any atom is -0.345 e. The Morgan fingerprint density at radius 3 is 2.58 bits per heavy atom. The number of H-pyrrole nitrogens is 2. The van der Waals surface area contributed by atoms with Crippen LogP contribution in [0.25, 0.3) is 11.0 Å². The van der Waals surface area contributed by atoms with Gasteiger partial charge >= 0.3 is 0 Å². The average Bonchev–Trinajstić information content (AvgIpc) is 2.88. The minimum atomic E-state index is -1.00. The zero-order valence-electron chi connectivity index (χ0n) is 12.4. The standard InChI is InChI=1S/C16H12F3N3OS/c1-7(8-2-3-11(18)12(19)4-8)20-15(23)10-5-9(17)6-13-14(10)22-16(24)21-13/h2-7H,1H3,(H,20,23)(H2,21,22,24). The number of fused-ring (bicyclic) bond motifs is 1. The van der Waals surface area contributed by atoms with Crippen molar-refractivity contribution in [2.45, 2.75) is 13.0 Å². The molecular formula is C16H12F3N3OS. The third kappa shape index (κ3) is 3.05. The molecule has 0 aliphatic rings. The summed E-state index contributed by atoms with van der Waals surface area (Å²) in [5.74, 6) is -3.14. The number of hydrogen-bond acceptors (Lipinski definition) is 2. The Morgan fingerprint density at radius 1 is 1.12 bits per heavy atom. The number of imidazole rings is 1. The van der Waals surface area contributed by atoms with Crippen LogP contribution in [-0.2, 0) is 0 Å². The van der Waals surface area contributed by atoms with Crippen LogP contribution >= 0.6 is 12.2 Å². The Hall–Kier alpha value is -2.61. The Bertz CT molecular complexity index is 996. The van der Waals surface area contributed by atoms with Crippen LogP contribution in [0.15, 0.2) is 30.3 Å². The third-order valence-corrected chi connectivity index (χ3v) is 3.83. The van der Waals surface area contributed by atoms with E-state index in [1.165, 1.54) is 12.1 Å². The molecule has 1 amide bonds. The molecule has 3 N–H and O–H groups in total. The summed E-state index contributed by atoms with van der Waals surface area (Å²) in [7, 11) is 0. The second kappa shape index (κ2) is 6.12. The van der Waals surface area contributed by atoms with E-state index in [-0.39, 0.29) is 10.3 Å². The van der Waals surface area contributed by atoms with Gasteiger partial charge in [-0.2, -0.15) is 0 Å². The lowest BCUT2D eigenvalue weighted by Gasteiger charge is -2.15. The molecule has 4 nitrogen and oxygen atoms in total. The first kappa shape index (κ1) is 16.3. The van der Waals surface area contributed by atoms with Crippen molar-refractivity contribution in [2.24, 2.45) is 0 Å². The highest BCUT2D eigenvalue weighted by atomic mass is 32.1. The van der Waals surface area contributed by atoms with Gasteiger partial charge < -0.3 is 15.3 Å². The molecule has 0 fully saturated rings. The van der Waals surface area contributed by atoms with Gasteiger partial charge in [0.2, 0.25) is 0 Å². The maximum absolute atomic E-state index is 13.7. The molecule has 1 aromatic heterocycles. The van der Waals surface area contributed by atoms with Crippen LogP contribution < -0.4 is 5.32 Å². The number of hydrogen-bond donors (Lipinski definition) is 3. The topological polar surface area (TPSA) is 60.7 Å². The number of carbonyl (C=O) groups excluding carboxylic acids is 1. The van der Waals surface area contributed by atoms with Gasteiger partial charge in [-0.15, -0.1) is 0 Å². The lowest BCUT2D eigenvalue weighted by Crippen LogP contribution is -2.27. The smallest absolute Gasteiger partial charge is 0.254 e. The summed E-state index contributed by atoms with van der Waals surface area (Å²) in [5, 5.41) is 2.63. The van der Waals surface area contributed by atoms with Crippen LogP contribution in [0.4, 0.5) is 13.2 Å². The van der Waals surface area contributed by atoms with Crippen LogP contribution in [-0.4, -0.2) is 15.9 Å². The Labute approximate surface area is 139 Å². The van der Waals surface area contributed by atoms with Crippen molar-refractivity contribution < 1.29 is 18.0 Å². The van der Waals surface area contributed by atoms with E-state index in [1.807, 2.05) is 0 Å². The molecular weight excluding hydrogens is 339 g/mol. The summed E-state index contributed by atoms with van der Waals surface area (Å²) in [6, 6.07) is 5.05. The van der Waals surface area contributed by atoms with Crippen LogP contribution in [0.3, 0.4) is 0 Å². The number of carbonyl (C=O) groups is 1. The molecule has 0 aliphatic heterocycles. The highest BCUT2D eigenvalue weighted by Gasteiger charge is 2.17. The van der Waals surface area contributed by atoms with E-state index in [1.54, 1.807) is 6.92 Å². The molecule has 1 unspecified atom stereocenters. The molecule has 0 saturated heterocycles. The Balaban J connectivity index is 1.92. The molecule has 1 heterocycles. The normalized spacial score (nSPS) is 12.3. The minimum absolute atomic E-state index is 0.0618. The Morgan fingerprint density at radius 2 is 1.88 bits per heavy atom. The van der Waals surface area contributed by atoms with E-state index in [2.05, 4.69) is 15.3 Å². The van der Waals surface area contributed by atoms with Gasteiger partial charge in [0.05, 0.1) is 22.6 Å². The van der Waals surface area contributed by atoms with Crippen molar-refractivity contribution >= 4 is 29.2 Å². The average molecular weight is 351 g/mol. The Kier molecular flexibility index (Phi) is 4.15. The van der Waals surface area contributed by atoms with Gasteiger partial charge in [-0.25, -0.2) is 13.2 Å². The van der Waals surface area contributed by atoms with Crippen molar-refractivity contribution in [3.63, 3.8) is 0 Å². The number of nitrogens with one attached hydrogen (secondary N) is 3. The van der Waals surface area contributed by atoms with E-state index < -0.39 is 29.4 Å². The van der Waals surface area contributed by atoms with Gasteiger partial charge in [0, 0.05) is 0 Å². The van der Waals surface area contributed by atoms with Crippen molar-refractivity contribution in [3.8, 4) is 0 Å². The molecule has 0 aliphatic carbocycles. The fourth-order valence-corrected chi connectivity index (χ4v) is 2.64. The molecule has 3 aromatic rings. The highest BCUT2D eigenvalue weighted by molar-refractivity contribution is 7.71. The summed E-state index contributed by atoms with van der Waals surface area (Å²) >= 11 is 4.95. The molecule has 0 saturated carbocycles. The number of rotatable bonds is 3. The van der Waals surface area contributed by atoms with Gasteiger partial charge in [0.1, 0.15) is 5.82 Å². The zero-order chi connectivity index (χ0) is 17.4. The van der Waals surface area contributed by atoms with Gasteiger partial charge in [0.15, 0.2) is 16.4 Å². The molecule has 2 aromatic carbocycles. The second-order valence-electron chi connectivity index (χ2n) is 5.32. The van der Waals surface area contributed by atoms with E-state index >= 15 is 0 Å². The maximum Gasteiger partial charge on any atom is 0.254 e. The molecule has 0 spiro atoms. The van der Waals surface area contributed by atoms with Gasteiger partial charge in [-0.3, -0.25) is 4.79 Å². The molecule has 3 rings (SSSR count). The SMILES string of the molecule is CC(NC(=O)c1cc(F)cc2[nH]c(=S)[nH]c12)c1ccc(F)c(F)c1. The molecule has 0 bridgehead atoms. The summed E-state index contributed by atoms with van der Waals surface area (Å²) in [6.45, 7) is 1.61. The fourth-order valence-electron chi connectivity index (χ4n) is 2.43. The highest BCUT2D eigenvalue weighted by Crippen LogP contribution is 2.20. The van der Waals surface area contributed by atoms with E-state index in [0.717, 1.165) is 18.2 Å². The van der Waals surface area contributed by atoms with Gasteiger partial charge in [-0.05, 0) is 49.0 Å². The summed E-state index contributed by atoms with van der Waals surface area (Å²) in [6.07, 6.45) is 0. The van der Waals surface area contributed by atoms with Crippen molar-refractivity contribution in [3.05, 3.63) is 63.7 Å². The third-order valence-electron chi connectivity index (χ3n) is 3.63. The quantitative estimate of drug-likeness (QED) is 0.621. The summed E-state index contributed by atoms with van der Waals surface area (Å²) < 4.78 is 40.2. The van der Waals surface area contributed by atoms with E-state index in [0.29, 0.717) is 16.6 Å². The first-order valence-electron chi connectivity index (χ1n) is 7.02. The lowest BCUT2D eigenvalue weighted by atomic mass is 10.1. The monoisotopic (exact) mass is 351 g/mol. The van der Waals surface area contributed by atoms with Crippen LogP contribution in [0.2, 0.25) is 0 Å². The molecule has 1 atom stereocenters. The summed E-state index contributed by atoms with van der Waals surface area (Å²) in [5.41, 5.74) is 1.19. The largest absolute Gasteiger partial charge is 0.345 e. The van der Waals surface area contributed by atoms with Crippen molar-refractivity contribution in [1.82, 2.24) is 15.3 Å². The molecule has 124 valence electrons. The van der Waals surface area contributed by atoms with Gasteiger partial charge in [-0.1, -0.05) is 6.07 Å². The van der Waals surface area contributed by atoms with Crippen molar-refractivity contribution in [2.75, 3.05) is 0 Å². The van der Waals surface area contributed by atoms with E-state index in [9.17, 15) is 18.0 Å². The number of aromatic amines is 2. The van der Waals surface area contributed by atoms with Crippen LogP contribution in [0.1, 0.15) is 28.9 Å². The van der Waals surface area contributed by atoms with Gasteiger partial charge in [0.25, 0.3) is 5.91 Å². The lowest BCUT2D eigenvalue weighted by molar-refractivity contribution is 0.0941. The van der Waals surface area contributed by atoms with E-state index in [4.69, 9.17) is 12.2 Å². The molecule has 0 radical (unpaired) electrons. The number of halogens is 3. The first-order valence-corrected chi connectivity index (χ1v) is 7.43. The number of aromatic nitrogens is 2. The predicted octanol–water partition coefficient (Wildman–Crippen LogP) is 4.13. The summed E-state index contributed by atoms with van der Waals surface area (Å²) in [4.78, 5) is 18.0. The second-order valence-corrected chi connectivity index (χ2v) is 5.73. The van der Waals surface area contributed by atoms with Crippen molar-refractivity contribution in [1.29, 1.82) is 0 Å². The fraction of sp³-hybridized carbons (Fsp3) is 0.125. The zero-order valence-corrected chi connectivity index (χ0v) is 13.2. The maximum atomic E-state index is 13.7. The van der Waals surface area contributed by atoms with Crippen LogP contribution in [0.5, 0.6) is 0 Å². The van der Waals surface area contributed by atoms with Crippen LogP contribution in [0, 0.1) is 22.2 Å². The number of benzene rings is 2. The first-order chi connectivity index (χ1) is 11.3. The number of amides is 1. The molecule has 8 heteroatoms. The molecule has 24 heavy (non-hydrogen) atoms. The predicted molar refractivity (Wildman–Crippen MR) is 85.7 cm³/mol.